The first kappa shape index (κ1) is 32.3. The molecule has 0 atom stereocenters. The van der Waals surface area contributed by atoms with E-state index in [0.29, 0.717) is 5.82 Å². The lowest BCUT2D eigenvalue weighted by Gasteiger charge is -2.13. The van der Waals surface area contributed by atoms with Crippen molar-refractivity contribution in [3.8, 4) is 67.3 Å². The second-order valence-corrected chi connectivity index (χ2v) is 15.1. The molecule has 0 fully saturated rings. The van der Waals surface area contributed by atoms with Crippen LogP contribution in [0.5, 0.6) is 0 Å². The first-order chi connectivity index (χ1) is 27.8. The molecule has 0 spiro atoms. The van der Waals surface area contributed by atoms with Gasteiger partial charge in [-0.1, -0.05) is 164 Å². The lowest BCUT2D eigenvalue weighted by atomic mass is 9.92. The Hall–Kier alpha value is -7.14. The summed E-state index contributed by atoms with van der Waals surface area (Å²) in [7, 11) is 0. The average molecular weight is 733 g/mol. The lowest BCUT2D eigenvalue weighted by Crippen LogP contribution is -1.97. The van der Waals surface area contributed by atoms with Gasteiger partial charge in [-0.2, -0.15) is 0 Å². The molecule has 0 aliphatic heterocycles. The predicted molar refractivity (Wildman–Crippen MR) is 235 cm³/mol. The number of fused-ring (bicyclic) bond motifs is 6. The molecule has 3 heterocycles. The van der Waals surface area contributed by atoms with Gasteiger partial charge in [-0.3, -0.25) is 0 Å². The van der Waals surface area contributed by atoms with Crippen molar-refractivity contribution in [3.63, 3.8) is 0 Å². The number of aromatic nitrogens is 2. The van der Waals surface area contributed by atoms with E-state index in [0.717, 1.165) is 77.8 Å². The maximum absolute atomic E-state index is 6.77. The maximum Gasteiger partial charge on any atom is 0.160 e. The highest BCUT2D eigenvalue weighted by molar-refractivity contribution is 7.25. The average Bonchev–Trinajstić information content (AvgIpc) is 3.86. The van der Waals surface area contributed by atoms with Crippen LogP contribution < -0.4 is 0 Å². The van der Waals surface area contributed by atoms with E-state index in [1.54, 1.807) is 0 Å². The molecule has 0 aliphatic rings. The minimum atomic E-state index is 0.695. The third-order valence-electron chi connectivity index (χ3n) is 10.8. The predicted octanol–water partition coefficient (Wildman–Crippen LogP) is 14.7. The summed E-state index contributed by atoms with van der Waals surface area (Å²) in [5, 5.41) is 4.78. The van der Waals surface area contributed by atoms with Crippen molar-refractivity contribution in [3.05, 3.63) is 194 Å². The summed E-state index contributed by atoms with van der Waals surface area (Å²) in [5.41, 5.74) is 13.4. The molecule has 0 saturated heterocycles. The van der Waals surface area contributed by atoms with E-state index in [-0.39, 0.29) is 0 Å². The summed E-state index contributed by atoms with van der Waals surface area (Å²) in [6.45, 7) is 0. The quantitative estimate of drug-likeness (QED) is 0.171. The summed E-state index contributed by atoms with van der Waals surface area (Å²) < 4.78 is 9.34. The van der Waals surface area contributed by atoms with Crippen LogP contribution >= 0.6 is 11.3 Å². The van der Waals surface area contributed by atoms with Crippen LogP contribution in [0.1, 0.15) is 0 Å². The minimum Gasteiger partial charge on any atom is -0.455 e. The van der Waals surface area contributed by atoms with E-state index in [1.807, 2.05) is 41.7 Å². The highest BCUT2D eigenvalue weighted by Gasteiger charge is 2.20. The fraction of sp³-hybridized carbons (Fsp3) is 0. The number of rotatable bonds is 6. The van der Waals surface area contributed by atoms with Gasteiger partial charge in [0.1, 0.15) is 11.2 Å². The smallest absolute Gasteiger partial charge is 0.160 e. The molecule has 4 heteroatoms. The molecule has 0 radical (unpaired) electrons. The highest BCUT2D eigenvalue weighted by atomic mass is 32.1. The first-order valence-electron chi connectivity index (χ1n) is 18.8. The summed E-state index contributed by atoms with van der Waals surface area (Å²) >= 11 is 1.84. The van der Waals surface area contributed by atoms with Gasteiger partial charge in [0.05, 0.1) is 11.4 Å². The maximum atomic E-state index is 6.77. The Balaban J connectivity index is 1.06. The van der Waals surface area contributed by atoms with Crippen molar-refractivity contribution in [2.45, 2.75) is 0 Å². The van der Waals surface area contributed by atoms with Crippen molar-refractivity contribution in [2.75, 3.05) is 0 Å². The van der Waals surface area contributed by atoms with Crippen molar-refractivity contribution in [1.82, 2.24) is 9.97 Å². The second kappa shape index (κ2) is 13.3. The molecule has 0 amide bonds. The Kier molecular flexibility index (Phi) is 7.68. The Labute approximate surface area is 327 Å². The van der Waals surface area contributed by atoms with E-state index in [1.165, 1.54) is 25.7 Å². The summed E-state index contributed by atoms with van der Waals surface area (Å²) in [5.74, 6) is 0.695. The van der Waals surface area contributed by atoms with Crippen LogP contribution in [0, 0.1) is 0 Å². The number of para-hydroxylation sites is 1. The summed E-state index contributed by atoms with van der Waals surface area (Å²) in [4.78, 5) is 10.3. The van der Waals surface area contributed by atoms with Crippen LogP contribution in [-0.4, -0.2) is 9.97 Å². The molecule has 0 N–H and O–H groups in total. The number of nitrogens with zero attached hydrogens (tertiary/aromatic N) is 2. The minimum absolute atomic E-state index is 0.695. The largest absolute Gasteiger partial charge is 0.455 e. The van der Waals surface area contributed by atoms with Gasteiger partial charge >= 0.3 is 0 Å². The van der Waals surface area contributed by atoms with E-state index in [4.69, 9.17) is 14.4 Å². The normalized spacial score (nSPS) is 11.6. The molecular weight excluding hydrogens is 701 g/mol. The Morgan fingerprint density at radius 1 is 0.357 bits per heavy atom. The molecule has 11 aromatic rings. The van der Waals surface area contributed by atoms with Gasteiger partial charge in [-0.25, -0.2) is 9.97 Å². The molecule has 0 bridgehead atoms. The highest BCUT2D eigenvalue weighted by Crippen LogP contribution is 2.46. The van der Waals surface area contributed by atoms with Gasteiger partial charge in [0, 0.05) is 53.2 Å². The number of hydrogen-bond acceptors (Lipinski definition) is 4. The van der Waals surface area contributed by atoms with Crippen molar-refractivity contribution >= 4 is 53.4 Å². The third kappa shape index (κ3) is 5.42. The van der Waals surface area contributed by atoms with Gasteiger partial charge in [0.25, 0.3) is 0 Å². The number of furan rings is 1. The second-order valence-electron chi connectivity index (χ2n) is 14.1. The van der Waals surface area contributed by atoms with Crippen LogP contribution in [0.25, 0.3) is 109 Å². The number of thiophene rings is 1. The molecule has 8 aromatic carbocycles. The summed E-state index contributed by atoms with van der Waals surface area (Å²) in [6.07, 6.45) is 0. The zero-order chi connectivity index (χ0) is 37.0. The van der Waals surface area contributed by atoms with Crippen molar-refractivity contribution in [1.29, 1.82) is 0 Å². The summed E-state index contributed by atoms with van der Waals surface area (Å²) in [6, 6.07) is 68.3. The monoisotopic (exact) mass is 732 g/mol. The SMILES string of the molecule is c1ccc(-c2nc(-c3ccc(-c4ccc(-c5cccc6sc7ccccc7c56)c5oc6ccccc6c45)cc3)cc(-c3ccccc3-c3ccccc3)n2)cc1. The Morgan fingerprint density at radius 2 is 0.946 bits per heavy atom. The van der Waals surface area contributed by atoms with E-state index >= 15 is 0 Å². The zero-order valence-electron chi connectivity index (χ0n) is 30.2. The van der Waals surface area contributed by atoms with E-state index in [9.17, 15) is 0 Å². The van der Waals surface area contributed by atoms with Gasteiger partial charge in [0.15, 0.2) is 5.82 Å². The fourth-order valence-corrected chi connectivity index (χ4v) is 9.26. The number of benzene rings is 8. The van der Waals surface area contributed by atoms with Crippen LogP contribution in [0.2, 0.25) is 0 Å². The zero-order valence-corrected chi connectivity index (χ0v) is 31.0. The molecular formula is C52H32N2OS. The van der Waals surface area contributed by atoms with Crippen LogP contribution in [0.15, 0.2) is 199 Å². The van der Waals surface area contributed by atoms with Gasteiger partial charge in [-0.05, 0) is 58.1 Å². The molecule has 0 unspecified atom stereocenters. The lowest BCUT2D eigenvalue weighted by molar-refractivity contribution is 0.670. The Morgan fingerprint density at radius 3 is 1.77 bits per heavy atom. The molecule has 3 aromatic heterocycles. The van der Waals surface area contributed by atoms with Crippen LogP contribution in [0.4, 0.5) is 0 Å². The first-order valence-corrected chi connectivity index (χ1v) is 19.6. The molecule has 11 rings (SSSR count). The fourth-order valence-electron chi connectivity index (χ4n) is 8.13. The molecule has 262 valence electrons. The van der Waals surface area contributed by atoms with E-state index in [2.05, 4.69) is 164 Å². The molecule has 56 heavy (non-hydrogen) atoms. The standard InChI is InChI=1S/C52H32N2OS/c1-3-14-33(15-4-1)37-18-7-8-19-39(37)45-32-44(53-52(54-45)36-16-5-2-6-17-36)35-28-26-34(27-29-35)38-30-31-41(51-50(38)42-20-9-11-23-46(42)55-51)40-22-13-25-48-49(40)43-21-10-12-24-47(43)56-48/h1-32H. The molecule has 0 saturated carbocycles. The van der Waals surface area contributed by atoms with Gasteiger partial charge < -0.3 is 4.42 Å². The third-order valence-corrected chi connectivity index (χ3v) is 11.9. The van der Waals surface area contributed by atoms with Gasteiger partial charge in [-0.15, -0.1) is 11.3 Å². The van der Waals surface area contributed by atoms with Crippen LogP contribution in [0.3, 0.4) is 0 Å². The van der Waals surface area contributed by atoms with Gasteiger partial charge in [0.2, 0.25) is 0 Å². The Bertz CT molecular complexity index is 3240. The van der Waals surface area contributed by atoms with Crippen molar-refractivity contribution < 1.29 is 4.42 Å². The number of hydrogen-bond donors (Lipinski definition) is 0. The van der Waals surface area contributed by atoms with Crippen molar-refractivity contribution in [2.24, 2.45) is 0 Å². The molecule has 3 nitrogen and oxygen atoms in total. The van der Waals surface area contributed by atoms with Crippen LogP contribution in [-0.2, 0) is 0 Å². The molecule has 0 aliphatic carbocycles. The van der Waals surface area contributed by atoms with E-state index < -0.39 is 0 Å². The topological polar surface area (TPSA) is 38.9 Å².